The van der Waals surface area contributed by atoms with Crippen molar-refractivity contribution in [3.05, 3.63) is 42.0 Å². The first-order valence-electron chi connectivity index (χ1n) is 4.97. The Morgan fingerprint density at radius 3 is 2.65 bits per heavy atom. The fraction of sp³-hybridized carbons (Fsp3) is 0.0909. The number of pyridine rings is 1. The summed E-state index contributed by atoms with van der Waals surface area (Å²) in [6.45, 7) is 1.73. The Morgan fingerprint density at radius 1 is 1.35 bits per heavy atom. The van der Waals surface area contributed by atoms with Crippen LogP contribution in [0.15, 0.2) is 30.7 Å². The van der Waals surface area contributed by atoms with E-state index in [1.165, 1.54) is 6.20 Å². The summed E-state index contributed by atoms with van der Waals surface area (Å²) in [6.07, 6.45) is 4.78. The van der Waals surface area contributed by atoms with Gasteiger partial charge in [0, 0.05) is 24.2 Å². The monoisotopic (exact) mass is 229 g/mol. The van der Waals surface area contributed by atoms with E-state index < -0.39 is 5.91 Å². The standard InChI is InChI=1S/C11H11N5O/c1-7-9(11(17)16-12)6-14-10(15-7)8-2-4-13-5-3-8/h2-6H,12H2,1H3,(H,16,17). The first-order valence-corrected chi connectivity index (χ1v) is 4.97. The van der Waals surface area contributed by atoms with Crippen LogP contribution in [0.3, 0.4) is 0 Å². The number of nitrogens with two attached hydrogens (primary N) is 1. The fourth-order valence-corrected chi connectivity index (χ4v) is 1.41. The van der Waals surface area contributed by atoms with Gasteiger partial charge in [-0.25, -0.2) is 15.8 Å². The number of aromatic nitrogens is 3. The highest BCUT2D eigenvalue weighted by Crippen LogP contribution is 2.14. The van der Waals surface area contributed by atoms with E-state index in [0.29, 0.717) is 17.1 Å². The first-order chi connectivity index (χ1) is 8.22. The molecule has 3 N–H and O–H groups in total. The molecule has 2 aromatic heterocycles. The number of hydrogen-bond donors (Lipinski definition) is 2. The molecule has 6 heteroatoms. The second-order valence-corrected chi connectivity index (χ2v) is 3.40. The Hall–Kier alpha value is -2.34. The van der Waals surface area contributed by atoms with Gasteiger partial charge in [0.2, 0.25) is 0 Å². The number of carbonyl (C=O) groups is 1. The third kappa shape index (κ3) is 2.26. The highest BCUT2D eigenvalue weighted by Gasteiger charge is 2.10. The van der Waals surface area contributed by atoms with Gasteiger partial charge in [0.1, 0.15) is 0 Å². The Balaban J connectivity index is 2.41. The summed E-state index contributed by atoms with van der Waals surface area (Å²) < 4.78 is 0. The Bertz CT molecular complexity index is 541. The minimum absolute atomic E-state index is 0.366. The molecule has 0 saturated carbocycles. The molecule has 0 aliphatic heterocycles. The van der Waals surface area contributed by atoms with Crippen LogP contribution in [-0.2, 0) is 0 Å². The Labute approximate surface area is 97.9 Å². The number of nitrogen functional groups attached to an aromatic ring is 1. The summed E-state index contributed by atoms with van der Waals surface area (Å²) >= 11 is 0. The van der Waals surface area contributed by atoms with Gasteiger partial charge < -0.3 is 0 Å². The van der Waals surface area contributed by atoms with Gasteiger partial charge in [0.15, 0.2) is 5.82 Å². The highest BCUT2D eigenvalue weighted by molar-refractivity contribution is 5.94. The van der Waals surface area contributed by atoms with E-state index in [0.717, 1.165) is 5.56 Å². The van der Waals surface area contributed by atoms with E-state index in [1.807, 2.05) is 0 Å². The average molecular weight is 229 g/mol. The number of aryl methyl sites for hydroxylation is 1. The number of hydrazine groups is 1. The number of carbonyl (C=O) groups excluding carboxylic acids is 1. The van der Waals surface area contributed by atoms with E-state index >= 15 is 0 Å². The molecule has 0 fully saturated rings. The summed E-state index contributed by atoms with van der Waals surface area (Å²) in [5.41, 5.74) is 3.85. The topological polar surface area (TPSA) is 93.8 Å². The molecule has 0 saturated heterocycles. The van der Waals surface area contributed by atoms with Crippen LogP contribution in [0.4, 0.5) is 0 Å². The first kappa shape index (κ1) is 11.2. The predicted molar refractivity (Wildman–Crippen MR) is 61.7 cm³/mol. The summed E-state index contributed by atoms with van der Waals surface area (Å²) in [5, 5.41) is 0. The molecule has 0 unspecified atom stereocenters. The molecule has 2 aromatic rings. The maximum absolute atomic E-state index is 11.4. The third-order valence-electron chi connectivity index (χ3n) is 2.29. The van der Waals surface area contributed by atoms with Crippen molar-refractivity contribution in [1.82, 2.24) is 20.4 Å². The minimum Gasteiger partial charge on any atom is -0.290 e. The van der Waals surface area contributed by atoms with E-state index in [2.05, 4.69) is 20.4 Å². The second kappa shape index (κ2) is 4.67. The zero-order valence-corrected chi connectivity index (χ0v) is 9.21. The van der Waals surface area contributed by atoms with Gasteiger partial charge in [-0.2, -0.15) is 0 Å². The molecule has 6 nitrogen and oxygen atoms in total. The van der Waals surface area contributed by atoms with Gasteiger partial charge in [-0.05, 0) is 19.1 Å². The molecule has 0 atom stereocenters. The summed E-state index contributed by atoms with van der Waals surface area (Å²) in [4.78, 5) is 23.7. The molecule has 2 rings (SSSR count). The SMILES string of the molecule is Cc1nc(-c2ccncc2)ncc1C(=O)NN. The number of rotatable bonds is 2. The van der Waals surface area contributed by atoms with Crippen LogP contribution >= 0.6 is 0 Å². The lowest BCUT2D eigenvalue weighted by molar-refractivity contribution is 0.0952. The molecule has 17 heavy (non-hydrogen) atoms. The van der Waals surface area contributed by atoms with Crippen molar-refractivity contribution in [2.45, 2.75) is 6.92 Å². The van der Waals surface area contributed by atoms with Gasteiger partial charge in [0.25, 0.3) is 5.91 Å². The van der Waals surface area contributed by atoms with E-state index in [4.69, 9.17) is 5.84 Å². The summed E-state index contributed by atoms with van der Waals surface area (Å²) in [7, 11) is 0. The van der Waals surface area contributed by atoms with E-state index in [-0.39, 0.29) is 0 Å². The van der Waals surface area contributed by atoms with Gasteiger partial charge in [-0.3, -0.25) is 15.2 Å². The van der Waals surface area contributed by atoms with Crippen LogP contribution < -0.4 is 11.3 Å². The van der Waals surface area contributed by atoms with E-state index in [1.54, 1.807) is 31.5 Å². The zero-order valence-electron chi connectivity index (χ0n) is 9.21. The van der Waals surface area contributed by atoms with Crippen molar-refractivity contribution in [2.24, 2.45) is 5.84 Å². The van der Waals surface area contributed by atoms with Crippen LogP contribution in [0.5, 0.6) is 0 Å². The zero-order chi connectivity index (χ0) is 12.3. The van der Waals surface area contributed by atoms with E-state index in [9.17, 15) is 4.79 Å². The van der Waals surface area contributed by atoms with Crippen LogP contribution in [0, 0.1) is 6.92 Å². The van der Waals surface area contributed by atoms with Crippen LogP contribution in [0.25, 0.3) is 11.4 Å². The molecule has 1 amide bonds. The van der Waals surface area contributed by atoms with Gasteiger partial charge in [-0.1, -0.05) is 0 Å². The van der Waals surface area contributed by atoms with Crippen molar-refractivity contribution < 1.29 is 4.79 Å². The second-order valence-electron chi connectivity index (χ2n) is 3.40. The summed E-state index contributed by atoms with van der Waals surface area (Å²) in [5.74, 6) is 5.21. The van der Waals surface area contributed by atoms with Crippen molar-refractivity contribution in [2.75, 3.05) is 0 Å². The lowest BCUT2D eigenvalue weighted by Crippen LogP contribution is -2.31. The van der Waals surface area contributed by atoms with Crippen molar-refractivity contribution in [1.29, 1.82) is 0 Å². The largest absolute Gasteiger partial charge is 0.290 e. The normalized spacial score (nSPS) is 10.0. The lowest BCUT2D eigenvalue weighted by Gasteiger charge is -2.05. The smallest absolute Gasteiger partial charge is 0.268 e. The number of nitrogens with zero attached hydrogens (tertiary/aromatic N) is 3. The Kier molecular flexibility index (Phi) is 3.06. The lowest BCUT2D eigenvalue weighted by atomic mass is 10.2. The van der Waals surface area contributed by atoms with Crippen molar-refractivity contribution in [3.63, 3.8) is 0 Å². The molecule has 0 radical (unpaired) electrons. The number of nitrogens with one attached hydrogen (secondary N) is 1. The molecule has 0 aliphatic carbocycles. The molecule has 86 valence electrons. The molecule has 2 heterocycles. The van der Waals surface area contributed by atoms with Gasteiger partial charge in [0.05, 0.1) is 11.3 Å². The van der Waals surface area contributed by atoms with Gasteiger partial charge >= 0.3 is 0 Å². The third-order valence-corrected chi connectivity index (χ3v) is 2.29. The number of hydrogen-bond acceptors (Lipinski definition) is 5. The van der Waals surface area contributed by atoms with Crippen LogP contribution in [0.1, 0.15) is 16.1 Å². The molecule has 0 aromatic carbocycles. The maximum Gasteiger partial charge on any atom is 0.268 e. The minimum atomic E-state index is -0.399. The quantitative estimate of drug-likeness (QED) is 0.443. The summed E-state index contributed by atoms with van der Waals surface area (Å²) in [6, 6.07) is 3.61. The molecule has 0 bridgehead atoms. The van der Waals surface area contributed by atoms with Crippen LogP contribution in [-0.4, -0.2) is 20.9 Å². The van der Waals surface area contributed by atoms with Crippen LogP contribution in [0.2, 0.25) is 0 Å². The number of amides is 1. The molecular formula is C11H11N5O. The Morgan fingerprint density at radius 2 is 2.06 bits per heavy atom. The van der Waals surface area contributed by atoms with Crippen molar-refractivity contribution in [3.8, 4) is 11.4 Å². The predicted octanol–water partition coefficient (Wildman–Crippen LogP) is 0.451. The van der Waals surface area contributed by atoms with Gasteiger partial charge in [-0.15, -0.1) is 0 Å². The molecule has 0 spiro atoms. The van der Waals surface area contributed by atoms with Crippen molar-refractivity contribution >= 4 is 5.91 Å². The fourth-order valence-electron chi connectivity index (χ4n) is 1.41. The average Bonchev–Trinajstić information content (AvgIpc) is 2.39. The molecule has 0 aliphatic rings. The maximum atomic E-state index is 11.4. The molecular weight excluding hydrogens is 218 g/mol. The highest BCUT2D eigenvalue weighted by atomic mass is 16.2.